The average Bonchev–Trinajstić information content (AvgIpc) is 3.17. The lowest BCUT2D eigenvalue weighted by Crippen LogP contribution is -2.33. The molecule has 0 saturated heterocycles. The lowest BCUT2D eigenvalue weighted by atomic mass is 10.2. The molecule has 0 radical (unpaired) electrons. The number of carbonyl (C=O) groups is 2. The van der Waals surface area contributed by atoms with Gasteiger partial charge in [0.05, 0.1) is 19.6 Å². The van der Waals surface area contributed by atoms with Crippen LogP contribution in [0.25, 0.3) is 0 Å². The maximum Gasteiger partial charge on any atom is 0.306 e. The van der Waals surface area contributed by atoms with Gasteiger partial charge in [0.2, 0.25) is 0 Å². The van der Waals surface area contributed by atoms with Gasteiger partial charge in [-0.3, -0.25) is 14.5 Å². The van der Waals surface area contributed by atoms with Crippen molar-refractivity contribution >= 4 is 11.8 Å². The van der Waals surface area contributed by atoms with Gasteiger partial charge in [0, 0.05) is 19.0 Å². The van der Waals surface area contributed by atoms with Crippen LogP contribution in [0.1, 0.15) is 45.4 Å². The summed E-state index contributed by atoms with van der Waals surface area (Å²) in [5.74, 6) is 0.741. The van der Waals surface area contributed by atoms with E-state index in [9.17, 15) is 9.59 Å². The molecular formula is C14H23NO3. The number of Topliss-reactive ketones (excluding diaryl/α,β-unsaturated/α-hetero) is 1. The summed E-state index contributed by atoms with van der Waals surface area (Å²) >= 11 is 0. The summed E-state index contributed by atoms with van der Waals surface area (Å²) in [6.45, 7) is 3.78. The molecule has 2 rings (SSSR count). The number of ketones is 1. The van der Waals surface area contributed by atoms with E-state index < -0.39 is 0 Å². The number of ether oxygens (including phenoxy) is 1. The Morgan fingerprint density at radius 1 is 1.17 bits per heavy atom. The quantitative estimate of drug-likeness (QED) is 0.588. The maximum absolute atomic E-state index is 11.8. The highest BCUT2D eigenvalue weighted by Gasteiger charge is 2.34. The number of nitrogens with zero attached hydrogens (tertiary/aromatic N) is 1. The molecule has 0 spiro atoms. The van der Waals surface area contributed by atoms with Crippen molar-refractivity contribution in [2.24, 2.45) is 5.92 Å². The van der Waals surface area contributed by atoms with Crippen LogP contribution in [0.15, 0.2) is 0 Å². The van der Waals surface area contributed by atoms with Crippen molar-refractivity contribution in [3.8, 4) is 0 Å². The summed E-state index contributed by atoms with van der Waals surface area (Å²) in [5, 5.41) is 0. The molecule has 0 bridgehead atoms. The zero-order chi connectivity index (χ0) is 13.0. The van der Waals surface area contributed by atoms with E-state index in [-0.39, 0.29) is 18.2 Å². The van der Waals surface area contributed by atoms with Crippen molar-refractivity contribution in [2.45, 2.75) is 51.5 Å². The van der Waals surface area contributed by atoms with Gasteiger partial charge in [-0.2, -0.15) is 0 Å². The molecule has 0 aromatic rings. The van der Waals surface area contributed by atoms with Crippen LogP contribution in [0, 0.1) is 5.92 Å². The van der Waals surface area contributed by atoms with Crippen LogP contribution in [-0.2, 0) is 14.3 Å². The van der Waals surface area contributed by atoms with Gasteiger partial charge >= 0.3 is 5.97 Å². The first-order valence-corrected chi connectivity index (χ1v) is 7.10. The van der Waals surface area contributed by atoms with Gasteiger partial charge in [0.15, 0.2) is 0 Å². The largest absolute Gasteiger partial charge is 0.466 e. The van der Waals surface area contributed by atoms with E-state index in [0.717, 1.165) is 12.5 Å². The standard InChI is InChI=1S/C14H23NO3/c1-2-18-14(17)8-7-13(16)10-15(12-5-6-12)9-11-3-4-11/h11-12H,2-10H2,1H3. The number of hydrogen-bond donors (Lipinski definition) is 0. The fourth-order valence-corrected chi connectivity index (χ4v) is 2.19. The summed E-state index contributed by atoms with van der Waals surface area (Å²) < 4.78 is 4.83. The molecule has 0 atom stereocenters. The summed E-state index contributed by atoms with van der Waals surface area (Å²) in [6, 6.07) is 0.636. The highest BCUT2D eigenvalue weighted by Crippen LogP contribution is 2.34. The van der Waals surface area contributed by atoms with Gasteiger partial charge < -0.3 is 4.74 Å². The Morgan fingerprint density at radius 3 is 2.44 bits per heavy atom. The lowest BCUT2D eigenvalue weighted by Gasteiger charge is -2.20. The zero-order valence-electron chi connectivity index (χ0n) is 11.2. The SMILES string of the molecule is CCOC(=O)CCC(=O)CN(CC1CC1)C1CC1. The minimum atomic E-state index is -0.258. The van der Waals surface area contributed by atoms with Crippen molar-refractivity contribution in [2.75, 3.05) is 19.7 Å². The fraction of sp³-hybridized carbons (Fsp3) is 0.857. The van der Waals surface area contributed by atoms with Crippen molar-refractivity contribution in [3.63, 3.8) is 0 Å². The molecule has 102 valence electrons. The molecule has 0 N–H and O–H groups in total. The maximum atomic E-state index is 11.8. The predicted octanol–water partition coefficient (Wildman–Crippen LogP) is 1.77. The Labute approximate surface area is 109 Å². The number of esters is 1. The van der Waals surface area contributed by atoms with Gasteiger partial charge in [0.25, 0.3) is 0 Å². The molecule has 0 amide bonds. The van der Waals surface area contributed by atoms with Gasteiger partial charge in [0.1, 0.15) is 5.78 Å². The second-order valence-corrected chi connectivity index (χ2v) is 5.45. The third-order valence-corrected chi connectivity index (χ3v) is 3.55. The Morgan fingerprint density at radius 2 is 1.89 bits per heavy atom. The first-order valence-electron chi connectivity index (χ1n) is 7.10. The van der Waals surface area contributed by atoms with Gasteiger partial charge in [-0.1, -0.05) is 0 Å². The Kier molecular flexibility index (Phi) is 4.75. The summed E-state index contributed by atoms with van der Waals surface area (Å²) in [4.78, 5) is 25.4. The zero-order valence-corrected chi connectivity index (χ0v) is 11.2. The topological polar surface area (TPSA) is 46.6 Å². The molecule has 0 heterocycles. The smallest absolute Gasteiger partial charge is 0.306 e. The molecule has 4 nitrogen and oxygen atoms in total. The van der Waals surface area contributed by atoms with Gasteiger partial charge in [-0.15, -0.1) is 0 Å². The van der Waals surface area contributed by atoms with E-state index in [2.05, 4.69) is 4.90 Å². The number of carbonyl (C=O) groups excluding carboxylic acids is 2. The van der Waals surface area contributed by atoms with Crippen molar-refractivity contribution < 1.29 is 14.3 Å². The summed E-state index contributed by atoms with van der Waals surface area (Å²) in [7, 11) is 0. The monoisotopic (exact) mass is 253 g/mol. The lowest BCUT2D eigenvalue weighted by molar-refractivity contribution is -0.144. The van der Waals surface area contributed by atoms with E-state index >= 15 is 0 Å². The van der Waals surface area contributed by atoms with Crippen molar-refractivity contribution in [1.29, 1.82) is 0 Å². The molecule has 0 aromatic carbocycles. The van der Waals surface area contributed by atoms with Crippen LogP contribution in [0.5, 0.6) is 0 Å². The molecule has 2 aliphatic carbocycles. The molecular weight excluding hydrogens is 230 g/mol. The molecule has 2 aliphatic rings. The molecule has 0 aromatic heterocycles. The molecule has 4 heteroatoms. The second kappa shape index (κ2) is 6.32. The van der Waals surface area contributed by atoms with Gasteiger partial charge in [-0.05, 0) is 38.5 Å². The van der Waals surface area contributed by atoms with E-state index in [0.29, 0.717) is 25.6 Å². The van der Waals surface area contributed by atoms with E-state index in [1.165, 1.54) is 25.7 Å². The first-order chi connectivity index (χ1) is 8.69. The molecule has 18 heavy (non-hydrogen) atoms. The third kappa shape index (κ3) is 4.77. The van der Waals surface area contributed by atoms with E-state index in [1.54, 1.807) is 6.92 Å². The summed E-state index contributed by atoms with van der Waals surface area (Å²) in [6.07, 6.45) is 5.66. The van der Waals surface area contributed by atoms with Crippen LogP contribution in [-0.4, -0.2) is 42.4 Å². The fourth-order valence-electron chi connectivity index (χ4n) is 2.19. The Balaban J connectivity index is 1.66. The highest BCUT2D eigenvalue weighted by molar-refractivity contribution is 5.84. The number of rotatable bonds is 9. The average molecular weight is 253 g/mol. The van der Waals surface area contributed by atoms with Crippen LogP contribution in [0.2, 0.25) is 0 Å². The van der Waals surface area contributed by atoms with Crippen molar-refractivity contribution in [3.05, 3.63) is 0 Å². The van der Waals surface area contributed by atoms with Crippen LogP contribution in [0.4, 0.5) is 0 Å². The van der Waals surface area contributed by atoms with Crippen LogP contribution in [0.3, 0.4) is 0 Å². The minimum absolute atomic E-state index is 0.176. The Bertz CT molecular complexity index is 308. The second-order valence-electron chi connectivity index (χ2n) is 5.45. The molecule has 2 saturated carbocycles. The molecule has 2 fully saturated rings. The van der Waals surface area contributed by atoms with Crippen LogP contribution >= 0.6 is 0 Å². The van der Waals surface area contributed by atoms with Gasteiger partial charge in [-0.25, -0.2) is 0 Å². The predicted molar refractivity (Wildman–Crippen MR) is 68.2 cm³/mol. The Hall–Kier alpha value is -0.900. The molecule has 0 unspecified atom stereocenters. The van der Waals surface area contributed by atoms with Crippen LogP contribution < -0.4 is 0 Å². The first kappa shape index (κ1) is 13.5. The third-order valence-electron chi connectivity index (χ3n) is 3.55. The highest BCUT2D eigenvalue weighted by atomic mass is 16.5. The normalized spacial score (nSPS) is 19.0. The summed E-state index contributed by atoms with van der Waals surface area (Å²) in [5.41, 5.74) is 0. The van der Waals surface area contributed by atoms with E-state index in [4.69, 9.17) is 4.74 Å². The molecule has 0 aliphatic heterocycles. The minimum Gasteiger partial charge on any atom is -0.466 e. The number of hydrogen-bond acceptors (Lipinski definition) is 4. The van der Waals surface area contributed by atoms with Crippen molar-refractivity contribution in [1.82, 2.24) is 4.90 Å². The van der Waals surface area contributed by atoms with E-state index in [1.807, 2.05) is 0 Å².